The van der Waals surface area contributed by atoms with Gasteiger partial charge in [0.05, 0.1) is 17.6 Å². The molecular formula is C47H71N5O14. The van der Waals surface area contributed by atoms with Crippen molar-refractivity contribution in [2.75, 3.05) is 13.2 Å². The molecule has 1 aliphatic carbocycles. The fourth-order valence-corrected chi connectivity index (χ4v) is 8.13. The van der Waals surface area contributed by atoms with Crippen LogP contribution in [0.2, 0.25) is 0 Å². The molecule has 0 bridgehead atoms. The molecule has 66 heavy (non-hydrogen) atoms. The Labute approximate surface area is 386 Å². The number of hydrogen-bond acceptors (Lipinski definition) is 14. The van der Waals surface area contributed by atoms with Crippen molar-refractivity contribution in [3.8, 4) is 0 Å². The zero-order valence-corrected chi connectivity index (χ0v) is 39.5. The topological polar surface area (TPSA) is 304 Å². The maximum absolute atomic E-state index is 13.5. The van der Waals surface area contributed by atoms with Gasteiger partial charge >= 0.3 is 11.9 Å². The van der Waals surface area contributed by atoms with Crippen molar-refractivity contribution in [2.24, 2.45) is 23.3 Å². The Morgan fingerprint density at radius 2 is 1.50 bits per heavy atom. The Kier molecular flexibility index (Phi) is 21.1. The number of esters is 1. The summed E-state index contributed by atoms with van der Waals surface area (Å²) in [5, 5.41) is 37.3. The number of nitrogens with one attached hydrogen (secondary N) is 2. The number of amides is 4. The minimum Gasteiger partial charge on any atom is -0.481 e. The molecule has 4 amide bonds. The molecule has 1 aliphatic heterocycles. The summed E-state index contributed by atoms with van der Waals surface area (Å²) >= 11 is 0. The summed E-state index contributed by atoms with van der Waals surface area (Å²) in [7, 11) is 0. The van der Waals surface area contributed by atoms with Crippen LogP contribution in [0.25, 0.3) is 0 Å². The van der Waals surface area contributed by atoms with Crippen molar-refractivity contribution in [1.29, 1.82) is 0 Å². The first-order chi connectivity index (χ1) is 30.8. The summed E-state index contributed by atoms with van der Waals surface area (Å²) in [6.45, 7) is 11.2. The molecule has 1 fully saturated rings. The zero-order chi connectivity index (χ0) is 49.6. The zero-order valence-electron chi connectivity index (χ0n) is 39.5. The summed E-state index contributed by atoms with van der Waals surface area (Å²) < 4.78 is 17.3. The molecule has 0 saturated carbocycles. The number of nitrogens with zero attached hydrogens (tertiary/aromatic N) is 1. The van der Waals surface area contributed by atoms with Gasteiger partial charge in [0.15, 0.2) is 17.9 Å². The van der Waals surface area contributed by atoms with E-state index in [1.807, 2.05) is 13.8 Å². The number of primary amides is 1. The normalized spacial score (nSPS) is 21.6. The van der Waals surface area contributed by atoms with E-state index in [1.54, 1.807) is 31.2 Å². The van der Waals surface area contributed by atoms with Gasteiger partial charge in [-0.05, 0) is 65.7 Å². The van der Waals surface area contributed by atoms with E-state index >= 15 is 0 Å². The highest BCUT2D eigenvalue weighted by Gasteiger charge is 2.48. The second-order valence-electron chi connectivity index (χ2n) is 18.6. The highest BCUT2D eigenvalue weighted by Crippen LogP contribution is 2.30. The van der Waals surface area contributed by atoms with E-state index in [9.17, 15) is 53.7 Å². The van der Waals surface area contributed by atoms with E-state index in [4.69, 9.17) is 25.7 Å². The van der Waals surface area contributed by atoms with Crippen LogP contribution in [0.15, 0.2) is 35.4 Å². The van der Waals surface area contributed by atoms with Crippen LogP contribution < -0.4 is 22.1 Å². The average Bonchev–Trinajstić information content (AvgIpc) is 3.23. The monoisotopic (exact) mass is 929 g/mol. The Balaban J connectivity index is 1.58. The third-order valence-electron chi connectivity index (χ3n) is 11.7. The van der Waals surface area contributed by atoms with E-state index in [0.717, 1.165) is 43.9 Å². The molecule has 19 heteroatoms. The van der Waals surface area contributed by atoms with Crippen molar-refractivity contribution in [3.05, 3.63) is 46.5 Å². The van der Waals surface area contributed by atoms with Gasteiger partial charge in [0.2, 0.25) is 23.6 Å². The fourth-order valence-electron chi connectivity index (χ4n) is 8.13. The average molecular weight is 930 g/mol. The van der Waals surface area contributed by atoms with Gasteiger partial charge in [-0.3, -0.25) is 33.6 Å². The summed E-state index contributed by atoms with van der Waals surface area (Å²) in [6, 6.07) is 3.04. The van der Waals surface area contributed by atoms with Crippen molar-refractivity contribution in [2.45, 2.75) is 174 Å². The molecule has 9 N–H and O–H groups in total. The summed E-state index contributed by atoms with van der Waals surface area (Å²) in [6.07, 6.45) is -2.13. The largest absolute Gasteiger partial charge is 0.481 e. The highest BCUT2D eigenvalue weighted by molar-refractivity contribution is 6.26. The molecular weight excluding hydrogens is 859 g/mol. The summed E-state index contributed by atoms with van der Waals surface area (Å²) in [5.41, 5.74) is 12.2. The van der Waals surface area contributed by atoms with E-state index < -0.39 is 96.6 Å². The minimum atomic E-state index is -1.79. The van der Waals surface area contributed by atoms with Crippen molar-refractivity contribution < 1.29 is 67.9 Å². The molecule has 3 rings (SSSR count). The number of aliphatic carboxylic acids is 1. The van der Waals surface area contributed by atoms with E-state index in [1.165, 1.54) is 27.7 Å². The smallest absolute Gasteiger partial charge is 0.328 e. The molecule has 1 aromatic carbocycles. The highest BCUT2D eigenvalue weighted by atomic mass is 16.6. The van der Waals surface area contributed by atoms with Crippen LogP contribution in [-0.2, 0) is 43.0 Å². The van der Waals surface area contributed by atoms with E-state index in [-0.39, 0.29) is 49.2 Å². The Morgan fingerprint density at radius 1 is 0.909 bits per heavy atom. The van der Waals surface area contributed by atoms with Gasteiger partial charge in [-0.15, -0.1) is 0 Å². The van der Waals surface area contributed by atoms with Gasteiger partial charge in [0.1, 0.15) is 43.0 Å². The lowest BCUT2D eigenvalue weighted by atomic mass is 9.82. The predicted molar refractivity (Wildman–Crippen MR) is 240 cm³/mol. The van der Waals surface area contributed by atoms with Crippen LogP contribution >= 0.6 is 0 Å². The summed E-state index contributed by atoms with van der Waals surface area (Å²) in [5.74, 6) is -6.07. The Bertz CT molecular complexity index is 1950. The molecule has 2 aliphatic rings. The quantitative estimate of drug-likeness (QED) is 0.0519. The van der Waals surface area contributed by atoms with Crippen molar-refractivity contribution in [3.63, 3.8) is 0 Å². The fraction of sp³-hybridized carbons (Fsp3) is 0.660. The maximum atomic E-state index is 13.5. The first-order valence-electron chi connectivity index (χ1n) is 22.8. The number of carboxylic acids is 1. The number of unbranched alkanes of at least 4 members (excludes halogenated alkanes) is 5. The molecule has 0 aromatic heterocycles. The molecule has 1 aromatic rings. The molecule has 0 spiro atoms. The minimum absolute atomic E-state index is 0.0343. The number of carboxylic acid groups (broad SMARTS) is 1. The van der Waals surface area contributed by atoms with E-state index in [0.29, 0.717) is 35.1 Å². The second kappa shape index (κ2) is 25.2. The number of carbonyl (C=O) groups excluding carboxylic acids is 7. The molecule has 1 heterocycles. The van der Waals surface area contributed by atoms with Gasteiger partial charge in [0.25, 0.3) is 0 Å². The summed E-state index contributed by atoms with van der Waals surface area (Å²) in [4.78, 5) is 103. The van der Waals surface area contributed by atoms with Crippen molar-refractivity contribution >= 4 is 47.1 Å². The van der Waals surface area contributed by atoms with Crippen LogP contribution in [0.5, 0.6) is 0 Å². The number of nitrogens with two attached hydrogens (primary N) is 2. The van der Waals surface area contributed by atoms with Crippen LogP contribution in [0, 0.1) is 11.8 Å². The van der Waals surface area contributed by atoms with Crippen LogP contribution in [0.4, 0.5) is 0 Å². The molecule has 2 unspecified atom stereocenters. The lowest BCUT2D eigenvalue weighted by Gasteiger charge is -2.44. The van der Waals surface area contributed by atoms with Gasteiger partial charge in [-0.25, -0.2) is 4.79 Å². The third-order valence-corrected chi connectivity index (χ3v) is 11.7. The number of Topliss-reactive ketones (excluding diaryl/α,β-unsaturated/α-hetero) is 2. The molecule has 368 valence electrons. The van der Waals surface area contributed by atoms with Crippen molar-refractivity contribution in [1.82, 2.24) is 15.5 Å². The van der Waals surface area contributed by atoms with Gasteiger partial charge in [-0.1, -0.05) is 70.7 Å². The van der Waals surface area contributed by atoms with Gasteiger partial charge in [0, 0.05) is 42.2 Å². The number of hydrogen-bond donors (Lipinski definition) is 7. The van der Waals surface area contributed by atoms with Crippen LogP contribution in [-0.4, -0.2) is 135 Å². The number of fused-ring (bicyclic) bond motifs is 1. The SMILES string of the molecule is CC(=O)N[C@@H]1[C@@H](OC(C)CN(C(=O)C(C)(C)N)[C@H](CC(C)C(=O)O)C(N)=O)[C@H](O)[C@@H](COC(=O)[C@H](CC(C)C)NC(=O)CCCCCCCCC2=C(C)C(=O)c3ccccc3C2=O)O[C@@H]1O. The maximum Gasteiger partial charge on any atom is 0.328 e. The molecule has 9 atom stereocenters. The number of carbonyl (C=O) groups is 8. The van der Waals surface area contributed by atoms with Gasteiger partial charge in [-0.2, -0.15) is 0 Å². The molecule has 1 saturated heterocycles. The van der Waals surface area contributed by atoms with Gasteiger partial charge < -0.3 is 56.5 Å². The number of aliphatic hydroxyl groups excluding tert-OH is 2. The van der Waals surface area contributed by atoms with E-state index in [2.05, 4.69) is 10.6 Å². The number of ketones is 2. The predicted octanol–water partition coefficient (Wildman–Crippen LogP) is 2.46. The lowest BCUT2D eigenvalue weighted by molar-refractivity contribution is -0.269. The Hall–Kier alpha value is -5.08. The lowest BCUT2D eigenvalue weighted by Crippen LogP contribution is -2.66. The number of benzene rings is 1. The number of ether oxygens (including phenoxy) is 3. The first kappa shape index (κ1) is 55.2. The third kappa shape index (κ3) is 15.8. The molecule has 19 nitrogen and oxygen atoms in total. The van der Waals surface area contributed by atoms with Crippen LogP contribution in [0.1, 0.15) is 140 Å². The number of allylic oxidation sites excluding steroid dienone is 2. The first-order valence-corrected chi connectivity index (χ1v) is 22.8. The second-order valence-corrected chi connectivity index (χ2v) is 18.6. The van der Waals surface area contributed by atoms with Crippen LogP contribution in [0.3, 0.4) is 0 Å². The molecule has 0 radical (unpaired) electrons. The number of rotatable bonds is 26. The Morgan fingerprint density at radius 3 is 2.06 bits per heavy atom. The number of aliphatic hydroxyl groups is 2. The standard InChI is InChI=1S/C47H71N5O14/c1-25(2)21-33(51-36(54)20-14-12-10-9-11-13-17-30-28(5)38(55)31-18-15-16-19-32(31)39(30)56)44(61)64-24-35-40(57)41(37(45(62)66-35)50-29(6)53)65-27(4)23-52(46(63)47(7,8)49)34(42(48)58)22-26(3)43(59)60/h15-16,18-19,25-27,33-35,37,40-41,45,57,62H,9-14,17,20-24,49H2,1-8H3,(H2,48,58)(H,50,53)(H,51,54)(H,59,60)/t26?,27?,33-,34+,35+,37+,40+,41+,45-/m0/s1.